The molecule has 1 heterocycles. The zero-order valence-electron chi connectivity index (χ0n) is 15.4. The predicted octanol–water partition coefficient (Wildman–Crippen LogP) is 6.76. The quantitative estimate of drug-likeness (QED) is 0.292. The van der Waals surface area contributed by atoms with Gasteiger partial charge in [0.05, 0.1) is 0 Å². The molecule has 0 amide bonds. The molecule has 0 spiro atoms. The summed E-state index contributed by atoms with van der Waals surface area (Å²) in [5, 5.41) is 15.6. The molecule has 0 fully saturated rings. The summed E-state index contributed by atoms with van der Waals surface area (Å²) in [5.41, 5.74) is 1.35. The minimum absolute atomic E-state index is 0.924. The minimum Gasteiger partial charge on any atom is -0.360 e. The summed E-state index contributed by atoms with van der Waals surface area (Å²) < 4.78 is 1.03. The lowest BCUT2D eigenvalue weighted by molar-refractivity contribution is 0.617. The predicted molar refractivity (Wildman–Crippen MR) is 115 cm³/mol. The zero-order valence-corrected chi connectivity index (χ0v) is 17.0. The molecule has 0 aliphatic heterocycles. The zero-order chi connectivity index (χ0) is 18.0. The van der Waals surface area contributed by atoms with Crippen LogP contribution in [-0.2, 0) is 5.75 Å². The van der Waals surface area contributed by atoms with Gasteiger partial charge in [0.25, 0.3) is 0 Å². The van der Waals surface area contributed by atoms with Gasteiger partial charge in [-0.25, -0.2) is 0 Å². The van der Waals surface area contributed by atoms with Gasteiger partial charge in [0.2, 0.25) is 5.13 Å². The van der Waals surface area contributed by atoms with Gasteiger partial charge >= 0.3 is 0 Å². The first kappa shape index (κ1) is 19.2. The van der Waals surface area contributed by atoms with Crippen molar-refractivity contribution in [3.05, 3.63) is 48.0 Å². The molecule has 0 saturated heterocycles. The third-order valence-corrected chi connectivity index (χ3v) is 6.51. The molecule has 26 heavy (non-hydrogen) atoms. The van der Waals surface area contributed by atoms with E-state index in [-0.39, 0.29) is 0 Å². The summed E-state index contributed by atoms with van der Waals surface area (Å²) in [5.74, 6) is 0.924. The average Bonchev–Trinajstić information content (AvgIpc) is 3.13. The highest BCUT2D eigenvalue weighted by Gasteiger charge is 2.06. The van der Waals surface area contributed by atoms with Crippen LogP contribution in [0.2, 0.25) is 0 Å². The van der Waals surface area contributed by atoms with Crippen LogP contribution in [0.5, 0.6) is 0 Å². The van der Waals surface area contributed by atoms with Crippen LogP contribution in [0.15, 0.2) is 46.8 Å². The first-order valence-electron chi connectivity index (χ1n) is 9.53. The van der Waals surface area contributed by atoms with Crippen molar-refractivity contribution in [3.8, 4) is 0 Å². The standard InChI is InChI=1S/C21H27N3S2/c1-2-3-4-5-6-9-15-22-20-23-24-21(26-20)25-16-18-13-10-12-17-11-7-8-14-19(17)18/h7-8,10-14H,2-6,9,15-16H2,1H3,(H,22,23). The van der Waals surface area contributed by atoms with E-state index in [9.17, 15) is 0 Å². The lowest BCUT2D eigenvalue weighted by atomic mass is 10.1. The maximum absolute atomic E-state index is 4.32. The van der Waals surface area contributed by atoms with Crippen LogP contribution in [-0.4, -0.2) is 16.7 Å². The van der Waals surface area contributed by atoms with Gasteiger partial charge in [-0.15, -0.1) is 10.2 Å². The van der Waals surface area contributed by atoms with E-state index in [1.807, 2.05) is 0 Å². The molecule has 1 aromatic heterocycles. The van der Waals surface area contributed by atoms with Gasteiger partial charge in [0, 0.05) is 12.3 Å². The molecule has 3 nitrogen and oxygen atoms in total. The molecule has 5 heteroatoms. The van der Waals surface area contributed by atoms with Crippen LogP contribution in [0.4, 0.5) is 5.13 Å². The van der Waals surface area contributed by atoms with E-state index in [2.05, 4.69) is 64.9 Å². The molecular formula is C21H27N3S2. The van der Waals surface area contributed by atoms with E-state index in [0.29, 0.717) is 0 Å². The van der Waals surface area contributed by atoms with E-state index in [1.54, 1.807) is 23.1 Å². The van der Waals surface area contributed by atoms with E-state index in [4.69, 9.17) is 0 Å². The van der Waals surface area contributed by atoms with E-state index >= 15 is 0 Å². The van der Waals surface area contributed by atoms with Gasteiger partial charge in [-0.1, -0.05) is 105 Å². The van der Waals surface area contributed by atoms with Crippen LogP contribution < -0.4 is 5.32 Å². The fourth-order valence-electron chi connectivity index (χ4n) is 3.00. The fourth-order valence-corrected chi connectivity index (χ4v) is 4.78. The normalized spacial score (nSPS) is 11.1. The Morgan fingerprint density at radius 1 is 0.923 bits per heavy atom. The number of anilines is 1. The maximum atomic E-state index is 4.32. The van der Waals surface area contributed by atoms with Crippen LogP contribution in [0.25, 0.3) is 10.8 Å². The third kappa shape index (κ3) is 5.71. The number of benzene rings is 2. The highest BCUT2D eigenvalue weighted by atomic mass is 32.2. The number of hydrogen-bond donors (Lipinski definition) is 1. The molecule has 2 aromatic carbocycles. The van der Waals surface area contributed by atoms with E-state index < -0.39 is 0 Å². The Kier molecular flexibility index (Phi) is 7.77. The van der Waals surface area contributed by atoms with Gasteiger partial charge in [-0.2, -0.15) is 0 Å². The number of aromatic nitrogens is 2. The van der Waals surface area contributed by atoms with Crippen LogP contribution in [0.1, 0.15) is 51.0 Å². The Labute approximate surface area is 164 Å². The number of hydrogen-bond acceptors (Lipinski definition) is 5. The molecule has 3 aromatic rings. The molecule has 0 bridgehead atoms. The number of nitrogens with zero attached hydrogens (tertiary/aromatic N) is 2. The van der Waals surface area contributed by atoms with Crippen molar-refractivity contribution in [2.45, 2.75) is 55.5 Å². The Morgan fingerprint density at radius 3 is 2.65 bits per heavy atom. The van der Waals surface area contributed by atoms with Crippen molar-refractivity contribution in [2.24, 2.45) is 0 Å². The summed E-state index contributed by atoms with van der Waals surface area (Å²) >= 11 is 3.43. The van der Waals surface area contributed by atoms with E-state index in [1.165, 1.54) is 54.9 Å². The van der Waals surface area contributed by atoms with Gasteiger partial charge in [0.15, 0.2) is 4.34 Å². The van der Waals surface area contributed by atoms with Gasteiger partial charge in [-0.05, 0) is 22.8 Å². The number of fused-ring (bicyclic) bond motifs is 1. The van der Waals surface area contributed by atoms with Gasteiger partial charge in [-0.3, -0.25) is 0 Å². The van der Waals surface area contributed by atoms with Crippen molar-refractivity contribution < 1.29 is 0 Å². The lowest BCUT2D eigenvalue weighted by Crippen LogP contribution is -2.00. The van der Waals surface area contributed by atoms with Crippen molar-refractivity contribution in [1.82, 2.24) is 10.2 Å². The molecule has 0 unspecified atom stereocenters. The Balaban J connectivity index is 1.43. The molecule has 0 atom stereocenters. The van der Waals surface area contributed by atoms with Crippen LogP contribution in [0, 0.1) is 0 Å². The van der Waals surface area contributed by atoms with Gasteiger partial charge < -0.3 is 5.32 Å². The maximum Gasteiger partial charge on any atom is 0.206 e. The van der Waals surface area contributed by atoms with Crippen molar-refractivity contribution in [1.29, 1.82) is 0 Å². The van der Waals surface area contributed by atoms with Crippen molar-refractivity contribution in [3.63, 3.8) is 0 Å². The Hall–Kier alpha value is -1.59. The van der Waals surface area contributed by atoms with Crippen molar-refractivity contribution >= 4 is 39.0 Å². The first-order valence-corrected chi connectivity index (χ1v) is 11.3. The summed E-state index contributed by atoms with van der Waals surface area (Å²) in [6.07, 6.45) is 7.89. The molecule has 3 rings (SSSR count). The van der Waals surface area contributed by atoms with Crippen LogP contribution >= 0.6 is 23.1 Å². The molecular weight excluding hydrogens is 358 g/mol. The molecule has 0 radical (unpaired) electrons. The number of thioether (sulfide) groups is 1. The molecule has 0 aliphatic carbocycles. The van der Waals surface area contributed by atoms with Crippen molar-refractivity contribution in [2.75, 3.05) is 11.9 Å². The SMILES string of the molecule is CCCCCCCCNc1nnc(SCc2cccc3ccccc23)s1. The summed E-state index contributed by atoms with van der Waals surface area (Å²) in [4.78, 5) is 0. The summed E-state index contributed by atoms with van der Waals surface area (Å²) in [6, 6.07) is 15.0. The second-order valence-electron chi connectivity index (χ2n) is 6.49. The number of rotatable bonds is 11. The Bertz CT molecular complexity index is 795. The highest BCUT2D eigenvalue weighted by molar-refractivity contribution is 8.00. The fraction of sp³-hybridized carbons (Fsp3) is 0.429. The first-order chi connectivity index (χ1) is 12.9. The topological polar surface area (TPSA) is 37.8 Å². The molecule has 138 valence electrons. The minimum atomic E-state index is 0.924. The average molecular weight is 386 g/mol. The molecule has 0 aliphatic rings. The highest BCUT2D eigenvalue weighted by Crippen LogP contribution is 2.30. The number of nitrogens with one attached hydrogen (secondary N) is 1. The summed E-state index contributed by atoms with van der Waals surface area (Å²) in [6.45, 7) is 3.25. The lowest BCUT2D eigenvalue weighted by Gasteiger charge is -2.04. The van der Waals surface area contributed by atoms with Crippen LogP contribution in [0.3, 0.4) is 0 Å². The smallest absolute Gasteiger partial charge is 0.206 e. The number of unbranched alkanes of at least 4 members (excludes halogenated alkanes) is 5. The largest absolute Gasteiger partial charge is 0.360 e. The third-order valence-electron chi connectivity index (χ3n) is 4.44. The molecule has 1 N–H and O–H groups in total. The second kappa shape index (κ2) is 10.5. The van der Waals surface area contributed by atoms with E-state index in [0.717, 1.165) is 21.8 Å². The summed E-state index contributed by atoms with van der Waals surface area (Å²) in [7, 11) is 0. The monoisotopic (exact) mass is 385 g/mol. The Morgan fingerprint density at radius 2 is 1.73 bits per heavy atom. The molecule has 0 saturated carbocycles. The second-order valence-corrected chi connectivity index (χ2v) is 8.69. The van der Waals surface area contributed by atoms with Gasteiger partial charge in [0.1, 0.15) is 0 Å².